The van der Waals surface area contributed by atoms with Gasteiger partial charge < -0.3 is 15.4 Å². The number of carbonyl (C=O) groups is 1. The number of nitrogens with zero attached hydrogens (tertiary/aromatic N) is 1. The second kappa shape index (κ2) is 6.43. The average molecular weight is 345 g/mol. The third kappa shape index (κ3) is 3.53. The van der Waals surface area contributed by atoms with Gasteiger partial charge in [-0.25, -0.2) is 4.98 Å². The van der Waals surface area contributed by atoms with Crippen molar-refractivity contribution in [2.75, 3.05) is 11.9 Å². The molecule has 0 atom stereocenters. The number of rotatable bonds is 5. The van der Waals surface area contributed by atoms with Crippen molar-refractivity contribution < 1.29 is 9.53 Å². The van der Waals surface area contributed by atoms with Crippen molar-refractivity contribution in [3.05, 3.63) is 39.9 Å². The standard InChI is InChI=1S/C18H23N3O2S/c1-5-19-17-21-11(2)15(24-17)16(22)20-10-12-6-7-14-13(8-12)9-18(3,4)23-14/h6-8H,5,9-10H2,1-4H3,(H,19,21)(H,20,22). The molecule has 2 aromatic rings. The fraction of sp³-hybridized carbons (Fsp3) is 0.444. The van der Waals surface area contributed by atoms with E-state index < -0.39 is 0 Å². The van der Waals surface area contributed by atoms with E-state index in [1.165, 1.54) is 16.9 Å². The van der Waals surface area contributed by atoms with E-state index in [1.807, 2.05) is 26.0 Å². The molecule has 5 nitrogen and oxygen atoms in total. The van der Waals surface area contributed by atoms with Gasteiger partial charge in [-0.15, -0.1) is 0 Å². The van der Waals surface area contributed by atoms with Gasteiger partial charge in [-0.1, -0.05) is 23.5 Å². The van der Waals surface area contributed by atoms with Crippen molar-refractivity contribution in [1.82, 2.24) is 10.3 Å². The SMILES string of the molecule is CCNc1nc(C)c(C(=O)NCc2ccc3c(c2)CC(C)(C)O3)s1. The molecule has 24 heavy (non-hydrogen) atoms. The Hall–Kier alpha value is -2.08. The molecule has 1 amide bonds. The van der Waals surface area contributed by atoms with Crippen LogP contribution in [0.5, 0.6) is 5.75 Å². The van der Waals surface area contributed by atoms with E-state index in [0.717, 1.165) is 35.1 Å². The van der Waals surface area contributed by atoms with Crippen LogP contribution in [0, 0.1) is 6.92 Å². The first-order chi connectivity index (χ1) is 11.4. The maximum Gasteiger partial charge on any atom is 0.263 e. The second-order valence-corrected chi connectivity index (χ2v) is 7.63. The van der Waals surface area contributed by atoms with Gasteiger partial charge >= 0.3 is 0 Å². The molecule has 6 heteroatoms. The number of hydrogen-bond donors (Lipinski definition) is 2. The Balaban J connectivity index is 1.65. The van der Waals surface area contributed by atoms with Gasteiger partial charge in [-0.3, -0.25) is 4.79 Å². The smallest absolute Gasteiger partial charge is 0.263 e. The lowest BCUT2D eigenvalue weighted by Crippen LogP contribution is -2.24. The molecule has 2 heterocycles. The lowest BCUT2D eigenvalue weighted by Gasteiger charge is -2.16. The van der Waals surface area contributed by atoms with Gasteiger partial charge in [-0.2, -0.15) is 0 Å². The molecule has 3 rings (SSSR count). The van der Waals surface area contributed by atoms with Gasteiger partial charge in [0, 0.05) is 19.5 Å². The van der Waals surface area contributed by atoms with Crippen LogP contribution in [-0.2, 0) is 13.0 Å². The van der Waals surface area contributed by atoms with E-state index in [2.05, 4.69) is 35.5 Å². The normalized spacial score (nSPS) is 14.8. The van der Waals surface area contributed by atoms with Crippen LogP contribution in [0.1, 0.15) is 47.3 Å². The van der Waals surface area contributed by atoms with E-state index in [1.54, 1.807) is 0 Å². The Kier molecular flexibility index (Phi) is 4.49. The third-order valence-electron chi connectivity index (χ3n) is 3.91. The van der Waals surface area contributed by atoms with E-state index in [4.69, 9.17) is 4.74 Å². The number of nitrogens with one attached hydrogen (secondary N) is 2. The molecule has 1 aromatic carbocycles. The van der Waals surface area contributed by atoms with Crippen molar-refractivity contribution in [2.45, 2.75) is 46.3 Å². The number of carbonyl (C=O) groups excluding carboxylic acids is 1. The van der Waals surface area contributed by atoms with Crippen LogP contribution in [-0.4, -0.2) is 23.0 Å². The first-order valence-corrected chi connectivity index (χ1v) is 9.00. The summed E-state index contributed by atoms with van der Waals surface area (Å²) in [5, 5.41) is 6.92. The zero-order valence-corrected chi connectivity index (χ0v) is 15.3. The van der Waals surface area contributed by atoms with Crippen molar-refractivity contribution in [2.24, 2.45) is 0 Å². The van der Waals surface area contributed by atoms with Crippen molar-refractivity contribution in [1.29, 1.82) is 0 Å². The largest absolute Gasteiger partial charge is 0.487 e. The minimum Gasteiger partial charge on any atom is -0.487 e. The van der Waals surface area contributed by atoms with Crippen molar-refractivity contribution >= 4 is 22.4 Å². The zero-order valence-electron chi connectivity index (χ0n) is 14.5. The van der Waals surface area contributed by atoms with Gasteiger partial charge in [-0.05, 0) is 44.9 Å². The Bertz CT molecular complexity index is 768. The molecule has 0 aliphatic carbocycles. The Morgan fingerprint density at radius 1 is 1.42 bits per heavy atom. The van der Waals surface area contributed by atoms with Gasteiger partial charge in [0.25, 0.3) is 5.91 Å². The maximum absolute atomic E-state index is 12.4. The molecule has 0 saturated carbocycles. The van der Waals surface area contributed by atoms with Gasteiger partial charge in [0.1, 0.15) is 16.2 Å². The molecule has 0 bridgehead atoms. The van der Waals surface area contributed by atoms with Crippen LogP contribution in [0.2, 0.25) is 0 Å². The van der Waals surface area contributed by atoms with E-state index in [-0.39, 0.29) is 11.5 Å². The van der Waals surface area contributed by atoms with Crippen LogP contribution < -0.4 is 15.4 Å². The highest BCUT2D eigenvalue weighted by atomic mass is 32.1. The number of benzene rings is 1. The van der Waals surface area contributed by atoms with Crippen LogP contribution in [0.25, 0.3) is 0 Å². The Morgan fingerprint density at radius 2 is 2.21 bits per heavy atom. The minimum absolute atomic E-state index is 0.0776. The Labute approximate surface area is 146 Å². The van der Waals surface area contributed by atoms with Crippen molar-refractivity contribution in [3.8, 4) is 5.75 Å². The third-order valence-corrected chi connectivity index (χ3v) is 5.03. The second-order valence-electron chi connectivity index (χ2n) is 6.63. The number of aromatic nitrogens is 1. The monoisotopic (exact) mass is 345 g/mol. The summed E-state index contributed by atoms with van der Waals surface area (Å²) in [5.74, 6) is 0.870. The first kappa shape index (κ1) is 16.8. The van der Waals surface area contributed by atoms with E-state index >= 15 is 0 Å². The van der Waals surface area contributed by atoms with Crippen molar-refractivity contribution in [3.63, 3.8) is 0 Å². The number of thiazole rings is 1. The molecule has 0 fully saturated rings. The number of aryl methyl sites for hydroxylation is 1. The number of anilines is 1. The molecular formula is C18H23N3O2S. The highest BCUT2D eigenvalue weighted by molar-refractivity contribution is 7.17. The summed E-state index contributed by atoms with van der Waals surface area (Å²) in [7, 11) is 0. The quantitative estimate of drug-likeness (QED) is 0.870. The molecule has 1 aromatic heterocycles. The van der Waals surface area contributed by atoms with Crippen LogP contribution in [0.15, 0.2) is 18.2 Å². The molecule has 128 valence electrons. The van der Waals surface area contributed by atoms with Gasteiger partial charge in [0.05, 0.1) is 5.69 Å². The van der Waals surface area contributed by atoms with Crippen LogP contribution in [0.4, 0.5) is 5.13 Å². The fourth-order valence-electron chi connectivity index (χ4n) is 2.87. The topological polar surface area (TPSA) is 63.2 Å². The molecule has 2 N–H and O–H groups in total. The average Bonchev–Trinajstić information content (AvgIpc) is 3.02. The summed E-state index contributed by atoms with van der Waals surface area (Å²) in [6.07, 6.45) is 0.893. The molecule has 1 aliphatic rings. The highest BCUT2D eigenvalue weighted by Gasteiger charge is 2.29. The highest BCUT2D eigenvalue weighted by Crippen LogP contribution is 2.35. The summed E-state index contributed by atoms with van der Waals surface area (Å²) in [6.45, 7) is 9.34. The molecule has 0 spiro atoms. The summed E-state index contributed by atoms with van der Waals surface area (Å²) in [6, 6.07) is 6.12. The van der Waals surface area contributed by atoms with Gasteiger partial charge in [0.15, 0.2) is 5.13 Å². The lowest BCUT2D eigenvalue weighted by atomic mass is 10.0. The molecule has 0 saturated heterocycles. The summed E-state index contributed by atoms with van der Waals surface area (Å²) < 4.78 is 5.88. The maximum atomic E-state index is 12.4. The molecule has 0 unspecified atom stereocenters. The predicted molar refractivity (Wildman–Crippen MR) is 97.0 cm³/mol. The predicted octanol–water partition coefficient (Wildman–Crippen LogP) is 3.53. The Morgan fingerprint density at radius 3 is 2.96 bits per heavy atom. The fourth-order valence-corrected chi connectivity index (χ4v) is 3.82. The minimum atomic E-state index is -0.146. The molecular weight excluding hydrogens is 322 g/mol. The number of ether oxygens (including phenoxy) is 1. The molecule has 1 aliphatic heterocycles. The van der Waals surface area contributed by atoms with Crippen LogP contribution in [0.3, 0.4) is 0 Å². The first-order valence-electron chi connectivity index (χ1n) is 8.18. The summed E-state index contributed by atoms with van der Waals surface area (Å²) >= 11 is 1.39. The molecule has 0 radical (unpaired) electrons. The number of fused-ring (bicyclic) bond motifs is 1. The zero-order chi connectivity index (χ0) is 17.3. The summed E-state index contributed by atoms with van der Waals surface area (Å²) in [4.78, 5) is 17.4. The number of hydrogen-bond acceptors (Lipinski definition) is 5. The van der Waals surface area contributed by atoms with E-state index in [0.29, 0.717) is 11.4 Å². The van der Waals surface area contributed by atoms with Gasteiger partial charge in [0.2, 0.25) is 0 Å². The van der Waals surface area contributed by atoms with Crippen LogP contribution >= 0.6 is 11.3 Å². The number of amides is 1. The lowest BCUT2D eigenvalue weighted by molar-refractivity contribution is 0.0954. The summed E-state index contributed by atoms with van der Waals surface area (Å²) in [5.41, 5.74) is 2.90. The van der Waals surface area contributed by atoms with E-state index in [9.17, 15) is 4.79 Å².